The Kier molecular flexibility index (Phi) is 10.5. The second-order valence-electron chi connectivity index (χ2n) is 10.9. The maximum atomic E-state index is 4.93. The zero-order valence-corrected chi connectivity index (χ0v) is 29.3. The molecule has 0 fully saturated rings. The van der Waals surface area contributed by atoms with Crippen molar-refractivity contribution in [2.24, 2.45) is 0 Å². The fraction of sp³-hybridized carbons (Fsp3) is 0.132. The Bertz CT molecular complexity index is 1740. The van der Waals surface area contributed by atoms with Gasteiger partial charge >= 0.3 is 37.9 Å². The minimum absolute atomic E-state index is 0.491. The van der Waals surface area contributed by atoms with E-state index < -0.39 is 20.8 Å². The molecule has 0 unspecified atom stereocenters. The van der Waals surface area contributed by atoms with Crippen molar-refractivity contribution >= 4 is 47.7 Å². The van der Waals surface area contributed by atoms with Gasteiger partial charge in [-0.1, -0.05) is 126 Å². The van der Waals surface area contributed by atoms with Crippen LogP contribution in [0.4, 0.5) is 0 Å². The van der Waals surface area contributed by atoms with Gasteiger partial charge in [-0.25, -0.2) is 0 Å². The number of aryl methyl sites for hydroxylation is 2. The first-order chi connectivity index (χ1) is 20.4. The molecule has 2 radical (unpaired) electrons. The molecule has 4 heteroatoms. The Morgan fingerprint density at radius 2 is 1.40 bits per heavy atom. The quantitative estimate of drug-likeness (QED) is 0.129. The summed E-state index contributed by atoms with van der Waals surface area (Å²) in [6.07, 6.45) is 0. The standard InChI is InChI=1S/C26H25.C12H7Si.2ClH.Zr/c1-17(2)24-11-10-21-15-22(20-8-6-5-7-9-20)16-25(21)26(24)23-13-18(3)12-19(4)14-23;1-3-7-11-9(5-1)10-6-2-4-8-12(10)13-11;;;/h5-17H,1-4H3;1-7H;2*1H;/q2*-1;;;+4/p-2. The average Bonchev–Trinajstić information content (AvgIpc) is 3.59. The summed E-state index contributed by atoms with van der Waals surface area (Å²) in [6, 6.07) is 45.0. The molecule has 0 amide bonds. The normalized spacial score (nSPS) is 11.1. The second-order valence-corrected chi connectivity index (χ2v) is 15.9. The van der Waals surface area contributed by atoms with Crippen LogP contribution in [0.5, 0.6) is 0 Å². The zero-order chi connectivity index (χ0) is 29.6. The van der Waals surface area contributed by atoms with E-state index in [4.69, 9.17) is 17.0 Å². The Balaban J connectivity index is 0.000000183. The fourth-order valence-corrected chi connectivity index (χ4v) is 7.05. The predicted molar refractivity (Wildman–Crippen MR) is 181 cm³/mol. The molecule has 0 saturated carbocycles. The van der Waals surface area contributed by atoms with E-state index in [1.165, 1.54) is 71.2 Å². The molecule has 0 bridgehead atoms. The number of rotatable bonds is 3. The molecule has 0 saturated heterocycles. The first kappa shape index (κ1) is 30.8. The van der Waals surface area contributed by atoms with E-state index >= 15 is 0 Å². The van der Waals surface area contributed by atoms with Gasteiger partial charge in [0, 0.05) is 0 Å². The molecule has 6 aromatic rings. The molecule has 6 aromatic carbocycles. The van der Waals surface area contributed by atoms with Crippen LogP contribution in [0.15, 0.2) is 115 Å². The van der Waals surface area contributed by atoms with E-state index in [9.17, 15) is 0 Å². The second kappa shape index (κ2) is 14.2. The smallest absolute Gasteiger partial charge is 0.0920 e. The molecule has 0 N–H and O–H groups in total. The van der Waals surface area contributed by atoms with Gasteiger partial charge in [0.2, 0.25) is 0 Å². The molecule has 1 aliphatic rings. The molecule has 1 heterocycles. The topological polar surface area (TPSA) is 0 Å². The number of fused-ring (bicyclic) bond motifs is 4. The fourth-order valence-electron chi connectivity index (χ4n) is 5.74. The molecule has 0 atom stereocenters. The van der Waals surface area contributed by atoms with Crippen molar-refractivity contribution < 1.29 is 20.8 Å². The van der Waals surface area contributed by atoms with Crippen LogP contribution in [0, 0.1) is 19.9 Å². The third-order valence-corrected chi connectivity index (χ3v) is 8.86. The minimum Gasteiger partial charge on any atom is -0.184 e. The van der Waals surface area contributed by atoms with Gasteiger partial charge < -0.3 is 0 Å². The molecular weight excluding hydrogens is 647 g/mol. The summed E-state index contributed by atoms with van der Waals surface area (Å²) < 4.78 is 0. The molecule has 0 nitrogen and oxygen atoms in total. The summed E-state index contributed by atoms with van der Waals surface area (Å²) in [5.74, 6) is 0.491. The van der Waals surface area contributed by atoms with Crippen LogP contribution in [-0.2, 0) is 20.8 Å². The number of halogens is 2. The molecule has 0 aliphatic carbocycles. The van der Waals surface area contributed by atoms with Gasteiger partial charge in [0.1, 0.15) is 0 Å². The molecule has 1 aliphatic heterocycles. The van der Waals surface area contributed by atoms with Gasteiger partial charge in [-0.2, -0.15) is 29.5 Å². The van der Waals surface area contributed by atoms with Crippen LogP contribution in [0.1, 0.15) is 36.5 Å². The Hall–Kier alpha value is -2.61. The third kappa shape index (κ3) is 6.95. The predicted octanol–water partition coefficient (Wildman–Crippen LogP) is 10.1. The number of hydrogen-bond acceptors (Lipinski definition) is 0. The summed E-state index contributed by atoms with van der Waals surface area (Å²) in [5.41, 5.74) is 12.1. The first-order valence-corrected chi connectivity index (χ1v) is 21.4. The van der Waals surface area contributed by atoms with E-state index in [1.807, 2.05) is 6.07 Å². The van der Waals surface area contributed by atoms with Crippen molar-refractivity contribution in [1.82, 2.24) is 0 Å². The van der Waals surface area contributed by atoms with Crippen LogP contribution in [0.2, 0.25) is 0 Å². The van der Waals surface area contributed by atoms with Crippen molar-refractivity contribution in [2.75, 3.05) is 0 Å². The molecule has 42 heavy (non-hydrogen) atoms. The summed E-state index contributed by atoms with van der Waals surface area (Å²) in [4.78, 5) is 0. The van der Waals surface area contributed by atoms with Gasteiger partial charge in [0.15, 0.2) is 0 Å². The largest absolute Gasteiger partial charge is 0.184 e. The van der Waals surface area contributed by atoms with Crippen LogP contribution in [-0.4, -0.2) is 9.52 Å². The summed E-state index contributed by atoms with van der Waals surface area (Å²) >= 11 is -0.826. The molecule has 0 spiro atoms. The molecule has 0 aromatic heterocycles. The Morgan fingerprint density at radius 3 is 2.12 bits per heavy atom. The maximum Gasteiger partial charge on any atom is 0.0920 e. The average molecular weight is 679 g/mol. The van der Waals surface area contributed by atoms with Crippen molar-refractivity contribution in [3.05, 3.63) is 138 Å². The summed E-state index contributed by atoms with van der Waals surface area (Å²) in [7, 11) is 10.7. The zero-order valence-electron chi connectivity index (χ0n) is 24.3. The minimum atomic E-state index is -0.826. The maximum absolute atomic E-state index is 4.93. The number of benzene rings is 5. The van der Waals surface area contributed by atoms with E-state index in [2.05, 4.69) is 143 Å². The van der Waals surface area contributed by atoms with Crippen molar-refractivity contribution in [3.8, 4) is 33.4 Å². The number of hydrogen-bond donors (Lipinski definition) is 0. The third-order valence-electron chi connectivity index (χ3n) is 7.49. The van der Waals surface area contributed by atoms with Gasteiger partial charge in [0.05, 0.1) is 9.52 Å². The summed E-state index contributed by atoms with van der Waals surface area (Å²) in [5, 5.41) is 5.51. The van der Waals surface area contributed by atoms with Crippen molar-refractivity contribution in [3.63, 3.8) is 0 Å². The van der Waals surface area contributed by atoms with Crippen molar-refractivity contribution in [1.29, 1.82) is 0 Å². The van der Waals surface area contributed by atoms with Gasteiger partial charge in [0.25, 0.3) is 0 Å². The van der Waals surface area contributed by atoms with Gasteiger partial charge in [-0.05, 0) is 30.9 Å². The van der Waals surface area contributed by atoms with Crippen LogP contribution in [0.25, 0.3) is 44.2 Å². The first-order valence-electron chi connectivity index (χ1n) is 14.1. The molecular formula is C38H32Cl2SiZr. The van der Waals surface area contributed by atoms with Crippen LogP contribution >= 0.6 is 17.0 Å². The van der Waals surface area contributed by atoms with E-state index in [0.717, 1.165) is 9.52 Å². The summed E-state index contributed by atoms with van der Waals surface area (Å²) in [6.45, 7) is 8.95. The van der Waals surface area contributed by atoms with Gasteiger partial charge in [-0.3, -0.25) is 0 Å². The van der Waals surface area contributed by atoms with Gasteiger partial charge in [-0.15, -0.1) is 40.1 Å². The van der Waals surface area contributed by atoms with E-state index in [0.29, 0.717) is 5.92 Å². The van der Waals surface area contributed by atoms with Crippen LogP contribution < -0.4 is 10.4 Å². The molecule has 206 valence electrons. The Morgan fingerprint density at radius 1 is 0.738 bits per heavy atom. The Labute approximate surface area is 271 Å². The van der Waals surface area contributed by atoms with E-state index in [-0.39, 0.29) is 0 Å². The van der Waals surface area contributed by atoms with E-state index in [1.54, 1.807) is 0 Å². The SMILES string of the molecule is Cc1cc(C)cc(-c2c(C(C)C)ccc3[cH-]c(-c4ccccc4)cc23)c1.[Cl][Zr+2][Cl].[c-]1cccc2c1[Si]c1ccccc1-2. The van der Waals surface area contributed by atoms with Crippen LogP contribution in [0.3, 0.4) is 0 Å². The van der Waals surface area contributed by atoms with Crippen molar-refractivity contribution in [2.45, 2.75) is 33.6 Å². The monoisotopic (exact) mass is 676 g/mol. The molecule has 7 rings (SSSR count).